The van der Waals surface area contributed by atoms with Gasteiger partial charge in [-0.2, -0.15) is 0 Å². The van der Waals surface area contributed by atoms with Crippen molar-refractivity contribution in [3.63, 3.8) is 0 Å². The van der Waals surface area contributed by atoms with Crippen LogP contribution in [0.25, 0.3) is 0 Å². The van der Waals surface area contributed by atoms with Gasteiger partial charge in [0.05, 0.1) is 0 Å². The van der Waals surface area contributed by atoms with Crippen molar-refractivity contribution in [3.8, 4) is 0 Å². The van der Waals surface area contributed by atoms with E-state index in [0.717, 1.165) is 31.2 Å². The lowest BCUT2D eigenvalue weighted by molar-refractivity contribution is 0.0372. The van der Waals surface area contributed by atoms with E-state index in [1.165, 1.54) is 31.4 Å². The number of guanidine groups is 1. The number of nitrogens with one attached hydrogen (secondary N) is 2. The van der Waals surface area contributed by atoms with Crippen LogP contribution in [0.15, 0.2) is 59.6 Å². The zero-order chi connectivity index (χ0) is 22.3. The highest BCUT2D eigenvalue weighted by atomic mass is 16.1. The van der Waals surface area contributed by atoms with E-state index in [4.69, 9.17) is 0 Å². The van der Waals surface area contributed by atoms with Crippen LogP contribution < -0.4 is 10.6 Å². The molecule has 170 valence electrons. The molecule has 6 nitrogen and oxygen atoms in total. The number of carbonyl (C=O) groups is 1. The summed E-state index contributed by atoms with van der Waals surface area (Å²) in [6.45, 7) is 4.97. The third-order valence-corrected chi connectivity index (χ3v) is 6.79. The summed E-state index contributed by atoms with van der Waals surface area (Å²) in [6, 6.07) is 19.3. The zero-order valence-electron chi connectivity index (χ0n) is 19.3. The quantitative estimate of drug-likeness (QED) is 0.562. The molecule has 32 heavy (non-hydrogen) atoms. The van der Waals surface area contributed by atoms with Crippen molar-refractivity contribution >= 4 is 11.9 Å². The third-order valence-electron chi connectivity index (χ3n) is 6.79. The van der Waals surface area contributed by atoms with Crippen LogP contribution in [0.5, 0.6) is 0 Å². The molecule has 4 rings (SSSR count). The summed E-state index contributed by atoms with van der Waals surface area (Å²) >= 11 is 0. The van der Waals surface area contributed by atoms with E-state index < -0.39 is 0 Å². The number of piperidine rings is 2. The summed E-state index contributed by atoms with van der Waals surface area (Å²) in [6.07, 6.45) is 3.72. The lowest BCUT2D eigenvalue weighted by atomic mass is 9.83. The molecule has 0 aliphatic carbocycles. The number of hydrogen-bond donors (Lipinski definition) is 2. The molecule has 2 N–H and O–H groups in total. The van der Waals surface area contributed by atoms with Crippen LogP contribution in [0.3, 0.4) is 0 Å². The molecule has 2 heterocycles. The molecule has 2 atom stereocenters. The second kappa shape index (κ2) is 10.6. The predicted octanol–water partition coefficient (Wildman–Crippen LogP) is 3.11. The Morgan fingerprint density at radius 3 is 2.66 bits per heavy atom. The average molecular weight is 434 g/mol. The van der Waals surface area contributed by atoms with E-state index in [1.807, 2.05) is 31.3 Å². The minimum atomic E-state index is -0.0596. The Balaban J connectivity index is 1.35. The Bertz CT molecular complexity index is 929. The smallest absolute Gasteiger partial charge is 0.251 e. The van der Waals surface area contributed by atoms with Gasteiger partial charge < -0.3 is 15.5 Å². The van der Waals surface area contributed by atoms with Gasteiger partial charge in [-0.3, -0.25) is 14.7 Å². The van der Waals surface area contributed by atoms with Gasteiger partial charge in [-0.15, -0.1) is 0 Å². The van der Waals surface area contributed by atoms with E-state index >= 15 is 0 Å². The molecule has 0 bridgehead atoms. The number of nitrogens with zero attached hydrogens (tertiary/aromatic N) is 3. The van der Waals surface area contributed by atoms with Crippen molar-refractivity contribution in [3.05, 3.63) is 71.3 Å². The topological polar surface area (TPSA) is 60.0 Å². The number of fused-ring (bicyclic) bond motifs is 1. The standard InChI is InChI=1S/C26H35N5O/c1-27-25(32)22-11-6-10-21(16-22)17-29-26(28-2)31-15-13-24-23(19-31)12-7-14-30(24)18-20-8-4-3-5-9-20/h3-6,8-11,16,23-24H,7,12-15,17-19H2,1-2H3,(H,27,32)(H,28,29). The average Bonchev–Trinajstić information content (AvgIpc) is 2.85. The Labute approximate surface area is 191 Å². The maximum absolute atomic E-state index is 11.9. The number of aliphatic imine (C=N–C) groups is 1. The molecule has 2 saturated heterocycles. The van der Waals surface area contributed by atoms with Gasteiger partial charge in [0.2, 0.25) is 0 Å². The van der Waals surface area contributed by atoms with Crippen molar-refractivity contribution in [1.29, 1.82) is 0 Å². The minimum absolute atomic E-state index is 0.0596. The van der Waals surface area contributed by atoms with E-state index in [9.17, 15) is 4.79 Å². The van der Waals surface area contributed by atoms with Crippen LogP contribution >= 0.6 is 0 Å². The first-order valence-electron chi connectivity index (χ1n) is 11.7. The van der Waals surface area contributed by atoms with Gasteiger partial charge in [0.1, 0.15) is 0 Å². The Morgan fingerprint density at radius 2 is 1.88 bits per heavy atom. The monoisotopic (exact) mass is 433 g/mol. The third kappa shape index (κ3) is 5.30. The fourth-order valence-corrected chi connectivity index (χ4v) is 5.19. The summed E-state index contributed by atoms with van der Waals surface area (Å²) in [5.41, 5.74) is 3.17. The fraction of sp³-hybridized carbons (Fsp3) is 0.462. The summed E-state index contributed by atoms with van der Waals surface area (Å²) in [4.78, 5) is 21.6. The number of rotatable bonds is 5. The number of hydrogen-bond acceptors (Lipinski definition) is 3. The number of likely N-dealkylation sites (tertiary alicyclic amines) is 2. The van der Waals surface area contributed by atoms with Gasteiger partial charge in [-0.1, -0.05) is 42.5 Å². The second-order valence-electron chi connectivity index (χ2n) is 8.84. The molecule has 0 saturated carbocycles. The van der Waals surface area contributed by atoms with E-state index in [2.05, 4.69) is 55.8 Å². The first kappa shape index (κ1) is 22.3. The minimum Gasteiger partial charge on any atom is -0.355 e. The molecule has 0 spiro atoms. The molecule has 2 aliphatic heterocycles. The van der Waals surface area contributed by atoms with E-state index in [0.29, 0.717) is 24.1 Å². The summed E-state index contributed by atoms with van der Waals surface area (Å²) in [5.74, 6) is 1.57. The van der Waals surface area contributed by atoms with Gasteiger partial charge in [0.25, 0.3) is 5.91 Å². The van der Waals surface area contributed by atoms with Crippen LogP contribution in [-0.4, -0.2) is 61.4 Å². The van der Waals surface area contributed by atoms with Gasteiger partial charge in [-0.25, -0.2) is 0 Å². The lowest BCUT2D eigenvalue weighted by Gasteiger charge is -2.48. The highest BCUT2D eigenvalue weighted by molar-refractivity contribution is 5.94. The van der Waals surface area contributed by atoms with Crippen LogP contribution in [0.2, 0.25) is 0 Å². The van der Waals surface area contributed by atoms with E-state index in [-0.39, 0.29) is 5.91 Å². The number of carbonyl (C=O) groups excluding carboxylic acids is 1. The van der Waals surface area contributed by atoms with Crippen LogP contribution in [0.4, 0.5) is 0 Å². The lowest BCUT2D eigenvalue weighted by Crippen LogP contribution is -2.56. The zero-order valence-corrected chi connectivity index (χ0v) is 19.3. The molecular weight excluding hydrogens is 398 g/mol. The van der Waals surface area contributed by atoms with Gasteiger partial charge in [0, 0.05) is 51.9 Å². The molecule has 2 aromatic rings. The van der Waals surface area contributed by atoms with Crippen LogP contribution in [0.1, 0.15) is 40.7 Å². The maximum Gasteiger partial charge on any atom is 0.251 e. The summed E-state index contributed by atoms with van der Waals surface area (Å²) < 4.78 is 0. The normalized spacial score (nSPS) is 21.7. The molecule has 1 amide bonds. The van der Waals surface area contributed by atoms with Crippen molar-refractivity contribution in [2.45, 2.75) is 38.4 Å². The molecule has 0 radical (unpaired) electrons. The molecule has 2 unspecified atom stereocenters. The van der Waals surface area contributed by atoms with Gasteiger partial charge >= 0.3 is 0 Å². The largest absolute Gasteiger partial charge is 0.355 e. The second-order valence-corrected chi connectivity index (χ2v) is 8.84. The predicted molar refractivity (Wildman–Crippen MR) is 130 cm³/mol. The number of amides is 1. The van der Waals surface area contributed by atoms with Crippen molar-refractivity contribution < 1.29 is 4.79 Å². The summed E-state index contributed by atoms with van der Waals surface area (Å²) in [5, 5.41) is 6.20. The molecule has 0 aromatic heterocycles. The molecule has 2 aliphatic rings. The van der Waals surface area contributed by atoms with Crippen LogP contribution in [0, 0.1) is 5.92 Å². The maximum atomic E-state index is 11.9. The van der Waals surface area contributed by atoms with Gasteiger partial charge in [-0.05, 0) is 55.0 Å². The SMILES string of the molecule is CN=C(NCc1cccc(C(=O)NC)c1)N1CCC2C(CCCN2Cc2ccccc2)C1. The first-order chi connectivity index (χ1) is 15.7. The van der Waals surface area contributed by atoms with E-state index in [1.54, 1.807) is 7.05 Å². The summed E-state index contributed by atoms with van der Waals surface area (Å²) in [7, 11) is 3.52. The highest BCUT2D eigenvalue weighted by Crippen LogP contribution is 2.31. The molecule has 2 fully saturated rings. The Morgan fingerprint density at radius 1 is 1.06 bits per heavy atom. The molecular formula is C26H35N5O. The fourth-order valence-electron chi connectivity index (χ4n) is 5.19. The van der Waals surface area contributed by atoms with Crippen molar-refractivity contribution in [2.75, 3.05) is 33.7 Å². The Hall–Kier alpha value is -2.86. The molecule has 2 aromatic carbocycles. The Kier molecular flexibility index (Phi) is 7.43. The van der Waals surface area contributed by atoms with Gasteiger partial charge in [0.15, 0.2) is 5.96 Å². The first-order valence-corrected chi connectivity index (χ1v) is 11.7. The number of benzene rings is 2. The van der Waals surface area contributed by atoms with Crippen molar-refractivity contribution in [2.24, 2.45) is 10.9 Å². The molecule has 6 heteroatoms. The highest BCUT2D eigenvalue weighted by Gasteiger charge is 2.36. The van der Waals surface area contributed by atoms with Crippen molar-refractivity contribution in [1.82, 2.24) is 20.4 Å². The van der Waals surface area contributed by atoms with Crippen LogP contribution in [-0.2, 0) is 13.1 Å².